The van der Waals surface area contributed by atoms with Crippen molar-refractivity contribution in [1.82, 2.24) is 14.8 Å². The molecule has 3 rings (SSSR count). The number of rotatable bonds is 4. The first-order valence-corrected chi connectivity index (χ1v) is 6.67. The molecule has 1 aromatic carbocycles. The van der Waals surface area contributed by atoms with E-state index in [1.807, 2.05) is 37.4 Å². The van der Waals surface area contributed by atoms with Crippen LogP contribution in [0, 0.1) is 12.7 Å². The van der Waals surface area contributed by atoms with Gasteiger partial charge in [-0.2, -0.15) is 5.10 Å². The number of benzene rings is 1. The first kappa shape index (κ1) is 13.3. The van der Waals surface area contributed by atoms with E-state index >= 15 is 0 Å². The summed E-state index contributed by atoms with van der Waals surface area (Å²) in [6.07, 6.45) is 5.25. The van der Waals surface area contributed by atoms with Crippen LogP contribution in [-0.4, -0.2) is 14.8 Å². The van der Waals surface area contributed by atoms with Crippen molar-refractivity contribution in [2.75, 3.05) is 5.32 Å². The Kier molecular flexibility index (Phi) is 3.64. The summed E-state index contributed by atoms with van der Waals surface area (Å²) in [6, 6.07) is 10.7. The van der Waals surface area contributed by atoms with Gasteiger partial charge in [0.25, 0.3) is 0 Å². The number of pyridine rings is 1. The van der Waals surface area contributed by atoms with Crippen LogP contribution in [0.15, 0.2) is 55.0 Å². The molecule has 21 heavy (non-hydrogen) atoms. The molecule has 0 amide bonds. The van der Waals surface area contributed by atoms with Crippen LogP contribution < -0.4 is 5.32 Å². The van der Waals surface area contributed by atoms with E-state index < -0.39 is 0 Å². The average Bonchev–Trinajstić information content (AvgIpc) is 3.03. The Bertz CT molecular complexity index is 721. The van der Waals surface area contributed by atoms with Gasteiger partial charge >= 0.3 is 0 Å². The molecule has 0 spiro atoms. The average molecular weight is 282 g/mol. The summed E-state index contributed by atoms with van der Waals surface area (Å²) in [6.45, 7) is 2.37. The standard InChI is InChI=1S/C16H15FN4/c1-12-3-5-15(17)13(9-12)10-18-14-4-6-16(19-11-14)21-8-2-7-20-21/h2-9,11,18H,10H2,1H3. The van der Waals surface area contributed by atoms with Gasteiger partial charge in [0.2, 0.25) is 0 Å². The van der Waals surface area contributed by atoms with Crippen molar-refractivity contribution in [2.45, 2.75) is 13.5 Å². The molecule has 0 bridgehead atoms. The smallest absolute Gasteiger partial charge is 0.153 e. The number of hydrogen-bond acceptors (Lipinski definition) is 3. The maximum absolute atomic E-state index is 13.7. The highest BCUT2D eigenvalue weighted by atomic mass is 19.1. The molecule has 0 fully saturated rings. The molecule has 0 aliphatic rings. The highest BCUT2D eigenvalue weighted by molar-refractivity contribution is 5.44. The largest absolute Gasteiger partial charge is 0.380 e. The minimum absolute atomic E-state index is 0.200. The fourth-order valence-electron chi connectivity index (χ4n) is 2.07. The van der Waals surface area contributed by atoms with Crippen LogP contribution in [0.25, 0.3) is 5.82 Å². The Morgan fingerprint density at radius 2 is 2.14 bits per heavy atom. The topological polar surface area (TPSA) is 42.7 Å². The predicted molar refractivity (Wildman–Crippen MR) is 79.8 cm³/mol. The van der Waals surface area contributed by atoms with Crippen molar-refractivity contribution in [3.05, 3.63) is 71.9 Å². The highest BCUT2D eigenvalue weighted by Gasteiger charge is 2.03. The van der Waals surface area contributed by atoms with Gasteiger partial charge in [0.1, 0.15) is 5.82 Å². The number of halogens is 1. The van der Waals surface area contributed by atoms with Gasteiger partial charge in [0.05, 0.1) is 11.9 Å². The van der Waals surface area contributed by atoms with E-state index in [-0.39, 0.29) is 5.82 Å². The Hall–Kier alpha value is -2.69. The number of anilines is 1. The minimum atomic E-state index is -0.200. The first-order chi connectivity index (χ1) is 10.2. The summed E-state index contributed by atoms with van der Waals surface area (Å²) in [5.41, 5.74) is 2.53. The SMILES string of the molecule is Cc1ccc(F)c(CNc2ccc(-n3cccn3)nc2)c1. The summed E-state index contributed by atoms with van der Waals surface area (Å²) < 4.78 is 15.3. The Morgan fingerprint density at radius 1 is 1.24 bits per heavy atom. The Morgan fingerprint density at radius 3 is 2.86 bits per heavy atom. The van der Waals surface area contributed by atoms with Gasteiger partial charge in [-0.3, -0.25) is 0 Å². The van der Waals surface area contributed by atoms with Gasteiger partial charge in [-0.15, -0.1) is 0 Å². The van der Waals surface area contributed by atoms with Gasteiger partial charge in [-0.25, -0.2) is 14.1 Å². The van der Waals surface area contributed by atoms with Crippen LogP contribution in [0.3, 0.4) is 0 Å². The van der Waals surface area contributed by atoms with Gasteiger partial charge in [0.15, 0.2) is 5.82 Å². The van der Waals surface area contributed by atoms with Crippen molar-refractivity contribution >= 4 is 5.69 Å². The lowest BCUT2D eigenvalue weighted by atomic mass is 10.1. The maximum atomic E-state index is 13.7. The van der Waals surface area contributed by atoms with E-state index in [0.29, 0.717) is 12.1 Å². The summed E-state index contributed by atoms with van der Waals surface area (Å²) in [5.74, 6) is 0.543. The summed E-state index contributed by atoms with van der Waals surface area (Å²) >= 11 is 0. The second kappa shape index (κ2) is 5.75. The van der Waals surface area contributed by atoms with E-state index in [0.717, 1.165) is 17.1 Å². The van der Waals surface area contributed by atoms with Crippen molar-refractivity contribution in [2.24, 2.45) is 0 Å². The van der Waals surface area contributed by atoms with Crippen LogP contribution in [0.4, 0.5) is 10.1 Å². The van der Waals surface area contributed by atoms with Crippen molar-refractivity contribution in [3.8, 4) is 5.82 Å². The van der Waals surface area contributed by atoms with E-state index in [9.17, 15) is 4.39 Å². The number of aromatic nitrogens is 3. The van der Waals surface area contributed by atoms with Gasteiger partial charge in [-0.05, 0) is 31.2 Å². The molecule has 106 valence electrons. The minimum Gasteiger partial charge on any atom is -0.380 e. The number of hydrogen-bond donors (Lipinski definition) is 1. The monoisotopic (exact) mass is 282 g/mol. The van der Waals surface area contributed by atoms with Crippen molar-refractivity contribution < 1.29 is 4.39 Å². The van der Waals surface area contributed by atoms with E-state index in [4.69, 9.17) is 0 Å². The van der Waals surface area contributed by atoms with Crippen LogP contribution in [0.1, 0.15) is 11.1 Å². The number of nitrogens with one attached hydrogen (secondary N) is 1. The molecular formula is C16H15FN4. The fraction of sp³-hybridized carbons (Fsp3) is 0.125. The molecule has 4 nitrogen and oxygen atoms in total. The molecule has 1 N–H and O–H groups in total. The lowest BCUT2D eigenvalue weighted by Gasteiger charge is -2.08. The molecule has 2 aromatic heterocycles. The quantitative estimate of drug-likeness (QED) is 0.798. The maximum Gasteiger partial charge on any atom is 0.153 e. The zero-order valence-electron chi connectivity index (χ0n) is 11.6. The van der Waals surface area contributed by atoms with Crippen molar-refractivity contribution in [1.29, 1.82) is 0 Å². The number of nitrogens with zero attached hydrogens (tertiary/aromatic N) is 3. The molecule has 5 heteroatoms. The third-order valence-electron chi connectivity index (χ3n) is 3.17. The molecule has 0 radical (unpaired) electrons. The molecule has 0 saturated carbocycles. The fourth-order valence-corrected chi connectivity index (χ4v) is 2.07. The molecular weight excluding hydrogens is 267 g/mol. The molecule has 3 aromatic rings. The number of aryl methyl sites for hydroxylation is 1. The second-order valence-electron chi connectivity index (χ2n) is 4.80. The van der Waals surface area contributed by atoms with E-state index in [1.165, 1.54) is 6.07 Å². The highest BCUT2D eigenvalue weighted by Crippen LogP contribution is 2.14. The third-order valence-corrected chi connectivity index (χ3v) is 3.17. The van der Waals surface area contributed by atoms with Gasteiger partial charge in [0, 0.05) is 24.5 Å². The van der Waals surface area contributed by atoms with Crippen molar-refractivity contribution in [3.63, 3.8) is 0 Å². The first-order valence-electron chi connectivity index (χ1n) is 6.67. The normalized spacial score (nSPS) is 10.6. The predicted octanol–water partition coefficient (Wildman–Crippen LogP) is 3.33. The second-order valence-corrected chi connectivity index (χ2v) is 4.80. The van der Waals surface area contributed by atoms with Gasteiger partial charge < -0.3 is 5.32 Å². The molecule has 2 heterocycles. The molecule has 0 unspecified atom stereocenters. The molecule has 0 saturated heterocycles. The summed E-state index contributed by atoms with van der Waals surface area (Å²) in [4.78, 5) is 4.32. The van der Waals surface area contributed by atoms with Crippen LogP contribution in [-0.2, 0) is 6.54 Å². The molecule has 0 atom stereocenters. The Balaban J connectivity index is 1.70. The lowest BCUT2D eigenvalue weighted by Crippen LogP contribution is -2.04. The summed E-state index contributed by atoms with van der Waals surface area (Å²) in [7, 11) is 0. The van der Waals surface area contributed by atoms with E-state index in [1.54, 1.807) is 23.1 Å². The lowest BCUT2D eigenvalue weighted by molar-refractivity contribution is 0.612. The zero-order chi connectivity index (χ0) is 14.7. The van der Waals surface area contributed by atoms with Crippen LogP contribution in [0.5, 0.6) is 0 Å². The summed E-state index contributed by atoms with van der Waals surface area (Å²) in [5, 5.41) is 7.28. The van der Waals surface area contributed by atoms with Gasteiger partial charge in [-0.1, -0.05) is 17.7 Å². The molecule has 0 aliphatic carbocycles. The molecule has 0 aliphatic heterocycles. The third kappa shape index (κ3) is 3.08. The van der Waals surface area contributed by atoms with Crippen LogP contribution >= 0.6 is 0 Å². The van der Waals surface area contributed by atoms with Crippen LogP contribution in [0.2, 0.25) is 0 Å². The Labute approximate surface area is 122 Å². The zero-order valence-corrected chi connectivity index (χ0v) is 11.6. The van der Waals surface area contributed by atoms with E-state index in [2.05, 4.69) is 15.4 Å².